The minimum absolute atomic E-state index is 0.0666. The summed E-state index contributed by atoms with van der Waals surface area (Å²) in [4.78, 5) is 14.6. The second kappa shape index (κ2) is 6.31. The van der Waals surface area contributed by atoms with Crippen LogP contribution in [0.4, 0.5) is 4.79 Å². The van der Waals surface area contributed by atoms with Crippen LogP contribution in [-0.4, -0.2) is 36.6 Å². The Labute approximate surface area is 151 Å². The van der Waals surface area contributed by atoms with Crippen LogP contribution in [0.1, 0.15) is 56.6 Å². The Balaban J connectivity index is 1.53. The number of carbonyl (C=O) groups excluding carboxylic acids is 1. The molecule has 1 aromatic carbocycles. The molecule has 2 aliphatic carbocycles. The van der Waals surface area contributed by atoms with Crippen molar-refractivity contribution < 1.29 is 4.79 Å². The molecule has 4 rings (SSSR count). The molecule has 0 radical (unpaired) electrons. The van der Waals surface area contributed by atoms with Gasteiger partial charge in [-0.15, -0.1) is 0 Å². The topological polar surface area (TPSA) is 44.4 Å². The van der Waals surface area contributed by atoms with Crippen molar-refractivity contribution in [3.8, 4) is 0 Å². The summed E-state index contributed by atoms with van der Waals surface area (Å²) in [6.07, 6.45) is 7.14. The van der Waals surface area contributed by atoms with E-state index in [-0.39, 0.29) is 17.0 Å². The summed E-state index contributed by atoms with van der Waals surface area (Å²) >= 11 is 0. The van der Waals surface area contributed by atoms with E-state index >= 15 is 0 Å². The summed E-state index contributed by atoms with van der Waals surface area (Å²) in [5, 5.41) is 6.45. The zero-order valence-corrected chi connectivity index (χ0v) is 15.6. The van der Waals surface area contributed by atoms with Gasteiger partial charge in [-0.3, -0.25) is 0 Å². The molecule has 136 valence electrons. The third-order valence-electron chi connectivity index (χ3n) is 6.84. The van der Waals surface area contributed by atoms with E-state index in [0.29, 0.717) is 0 Å². The van der Waals surface area contributed by atoms with Crippen LogP contribution < -0.4 is 10.6 Å². The van der Waals surface area contributed by atoms with E-state index in [4.69, 9.17) is 0 Å². The Morgan fingerprint density at radius 1 is 1.20 bits per heavy atom. The van der Waals surface area contributed by atoms with E-state index in [2.05, 4.69) is 46.7 Å². The molecule has 2 amide bonds. The first-order valence-electron chi connectivity index (χ1n) is 9.85. The predicted octanol–water partition coefficient (Wildman–Crippen LogP) is 3.41. The van der Waals surface area contributed by atoms with Gasteiger partial charge in [0.05, 0.1) is 5.54 Å². The lowest BCUT2D eigenvalue weighted by Crippen LogP contribution is -2.52. The molecule has 4 nitrogen and oxygen atoms in total. The summed E-state index contributed by atoms with van der Waals surface area (Å²) in [6.45, 7) is 5.15. The van der Waals surface area contributed by atoms with Crippen LogP contribution in [0.2, 0.25) is 0 Å². The molecule has 0 bridgehead atoms. The first kappa shape index (κ1) is 16.9. The fraction of sp³-hybridized carbons (Fsp3) is 0.667. The molecule has 2 saturated carbocycles. The van der Waals surface area contributed by atoms with Crippen molar-refractivity contribution in [1.82, 2.24) is 15.5 Å². The molecule has 2 N–H and O–H groups in total. The number of carbonyl (C=O) groups is 1. The molecule has 1 aromatic rings. The van der Waals surface area contributed by atoms with Crippen molar-refractivity contribution in [1.29, 1.82) is 0 Å². The van der Waals surface area contributed by atoms with Crippen LogP contribution in [0, 0.1) is 5.92 Å². The molecule has 1 saturated heterocycles. The molecule has 3 aliphatic rings. The van der Waals surface area contributed by atoms with Crippen molar-refractivity contribution in [3.63, 3.8) is 0 Å². The highest BCUT2D eigenvalue weighted by Crippen LogP contribution is 2.48. The van der Waals surface area contributed by atoms with Crippen LogP contribution in [0.15, 0.2) is 24.3 Å². The van der Waals surface area contributed by atoms with Crippen LogP contribution >= 0.6 is 0 Å². The van der Waals surface area contributed by atoms with Crippen molar-refractivity contribution >= 4 is 6.03 Å². The van der Waals surface area contributed by atoms with Crippen molar-refractivity contribution in [2.45, 2.75) is 62.9 Å². The number of urea groups is 1. The lowest BCUT2D eigenvalue weighted by atomic mass is 9.64. The standard InChI is InChI=1S/C21H31N3O/c1-20(18-6-4-3-5-17(18)13-22-2)9-11-21(12-10-20)15-23-19(25)24(21)14-16-7-8-16/h3-6,16,22H,7-15H2,1-2H3,(H,23,25). The van der Waals surface area contributed by atoms with E-state index in [9.17, 15) is 4.79 Å². The minimum atomic E-state index is 0.0666. The summed E-state index contributed by atoms with van der Waals surface area (Å²) in [6, 6.07) is 9.04. The predicted molar refractivity (Wildman–Crippen MR) is 101 cm³/mol. The molecule has 1 heterocycles. The van der Waals surface area contributed by atoms with Gasteiger partial charge in [0.25, 0.3) is 0 Å². The Bertz CT molecular complexity index is 644. The third-order valence-corrected chi connectivity index (χ3v) is 6.84. The molecule has 1 aliphatic heterocycles. The fourth-order valence-corrected chi connectivity index (χ4v) is 4.92. The highest BCUT2D eigenvalue weighted by atomic mass is 16.2. The second-order valence-electron chi connectivity index (χ2n) is 8.69. The number of nitrogens with zero attached hydrogens (tertiary/aromatic N) is 1. The average Bonchev–Trinajstić information content (AvgIpc) is 3.39. The summed E-state index contributed by atoms with van der Waals surface area (Å²) in [7, 11) is 2.01. The van der Waals surface area contributed by atoms with Gasteiger partial charge >= 0.3 is 6.03 Å². The van der Waals surface area contributed by atoms with Crippen LogP contribution in [0.5, 0.6) is 0 Å². The van der Waals surface area contributed by atoms with E-state index in [1.165, 1.54) is 24.0 Å². The molecule has 0 aromatic heterocycles. The maximum atomic E-state index is 12.4. The van der Waals surface area contributed by atoms with Gasteiger partial charge in [-0.05, 0) is 68.0 Å². The van der Waals surface area contributed by atoms with Crippen molar-refractivity contribution in [3.05, 3.63) is 35.4 Å². The van der Waals surface area contributed by atoms with Crippen molar-refractivity contribution in [2.75, 3.05) is 20.1 Å². The molecule has 25 heavy (non-hydrogen) atoms. The van der Waals surface area contributed by atoms with Crippen LogP contribution in [-0.2, 0) is 12.0 Å². The SMILES string of the molecule is CNCc1ccccc1C1(C)CCC2(CC1)CNC(=O)N2CC1CC1. The molecule has 4 heteroatoms. The lowest BCUT2D eigenvalue weighted by molar-refractivity contribution is 0.0891. The summed E-state index contributed by atoms with van der Waals surface area (Å²) in [5.41, 5.74) is 3.19. The summed E-state index contributed by atoms with van der Waals surface area (Å²) in [5.74, 6) is 0.755. The quantitative estimate of drug-likeness (QED) is 0.862. The van der Waals surface area contributed by atoms with E-state index in [0.717, 1.165) is 51.2 Å². The number of hydrogen-bond donors (Lipinski definition) is 2. The molecule has 1 spiro atoms. The monoisotopic (exact) mass is 341 g/mol. The van der Waals surface area contributed by atoms with Gasteiger partial charge in [0.1, 0.15) is 0 Å². The Hall–Kier alpha value is -1.55. The largest absolute Gasteiger partial charge is 0.336 e. The van der Waals surface area contributed by atoms with Crippen molar-refractivity contribution in [2.24, 2.45) is 5.92 Å². The smallest absolute Gasteiger partial charge is 0.318 e. The van der Waals surface area contributed by atoms with Gasteiger partial charge in [0.15, 0.2) is 0 Å². The maximum Gasteiger partial charge on any atom is 0.318 e. The fourth-order valence-electron chi connectivity index (χ4n) is 4.92. The van der Waals surface area contributed by atoms with E-state index in [1.54, 1.807) is 0 Å². The number of nitrogens with one attached hydrogen (secondary N) is 2. The number of benzene rings is 1. The van der Waals surface area contributed by atoms with Crippen LogP contribution in [0.3, 0.4) is 0 Å². The Morgan fingerprint density at radius 2 is 1.92 bits per heavy atom. The van der Waals surface area contributed by atoms with Crippen LogP contribution in [0.25, 0.3) is 0 Å². The maximum absolute atomic E-state index is 12.4. The van der Waals surface area contributed by atoms with Gasteiger partial charge in [-0.1, -0.05) is 31.2 Å². The van der Waals surface area contributed by atoms with Gasteiger partial charge in [-0.2, -0.15) is 0 Å². The molecular weight excluding hydrogens is 310 g/mol. The zero-order chi connectivity index (χ0) is 17.5. The normalized spacial score (nSPS) is 32.2. The second-order valence-corrected chi connectivity index (χ2v) is 8.69. The minimum Gasteiger partial charge on any atom is -0.336 e. The van der Waals surface area contributed by atoms with Gasteiger partial charge in [-0.25, -0.2) is 4.79 Å². The Morgan fingerprint density at radius 3 is 2.60 bits per heavy atom. The van der Waals surface area contributed by atoms with Gasteiger partial charge < -0.3 is 15.5 Å². The lowest BCUT2D eigenvalue weighted by Gasteiger charge is -2.47. The van der Waals surface area contributed by atoms with Gasteiger partial charge in [0.2, 0.25) is 0 Å². The Kier molecular flexibility index (Phi) is 4.27. The molecule has 3 fully saturated rings. The molecule has 0 atom stereocenters. The average molecular weight is 341 g/mol. The van der Waals surface area contributed by atoms with Gasteiger partial charge in [0, 0.05) is 19.6 Å². The highest BCUT2D eigenvalue weighted by molar-refractivity contribution is 5.78. The molecule has 0 unspecified atom stereocenters. The first-order valence-corrected chi connectivity index (χ1v) is 9.85. The zero-order valence-electron chi connectivity index (χ0n) is 15.6. The third kappa shape index (κ3) is 3.05. The summed E-state index contributed by atoms with van der Waals surface area (Å²) < 4.78 is 0. The van der Waals surface area contributed by atoms with E-state index in [1.807, 2.05) is 7.05 Å². The van der Waals surface area contributed by atoms with E-state index < -0.39 is 0 Å². The number of hydrogen-bond acceptors (Lipinski definition) is 2. The number of rotatable bonds is 5. The number of amides is 2. The first-order chi connectivity index (χ1) is 12.1. The highest BCUT2D eigenvalue weighted by Gasteiger charge is 2.51. The molecular formula is C21H31N3O.